The molecule has 3 aromatic rings. The van der Waals surface area contributed by atoms with Crippen molar-refractivity contribution < 1.29 is 39.4 Å². The topological polar surface area (TPSA) is 150 Å². The first-order valence-corrected chi connectivity index (χ1v) is 8.56. The molecule has 1 saturated heterocycles. The van der Waals surface area contributed by atoms with Gasteiger partial charge in [-0.25, -0.2) is 0 Å². The van der Waals surface area contributed by atoms with Gasteiger partial charge in [0.05, 0.1) is 12.0 Å². The highest BCUT2D eigenvalue weighted by Gasteiger charge is 2.44. The van der Waals surface area contributed by atoms with Crippen LogP contribution < -0.4 is 10.2 Å². The van der Waals surface area contributed by atoms with E-state index in [-0.39, 0.29) is 33.4 Å². The van der Waals surface area contributed by atoms with E-state index in [1.54, 1.807) is 12.1 Å². The second kappa shape index (κ2) is 7.04. The highest BCUT2D eigenvalue weighted by Crippen LogP contribution is 2.29. The molecule has 9 heteroatoms. The second-order valence-electron chi connectivity index (χ2n) is 6.55. The first-order chi connectivity index (χ1) is 13.4. The smallest absolute Gasteiger partial charge is 0.229 e. The molecule has 9 nitrogen and oxygen atoms in total. The number of aromatic hydroxyl groups is 1. The summed E-state index contributed by atoms with van der Waals surface area (Å²) in [7, 11) is 0. The number of phenols is 1. The van der Waals surface area contributed by atoms with Crippen LogP contribution in [-0.2, 0) is 4.74 Å². The molecule has 5 N–H and O–H groups in total. The maximum atomic E-state index is 12.7. The third-order valence-corrected chi connectivity index (χ3v) is 4.75. The maximum Gasteiger partial charge on any atom is 0.229 e. The van der Waals surface area contributed by atoms with E-state index in [1.165, 1.54) is 24.3 Å². The molecule has 2 aromatic carbocycles. The van der Waals surface area contributed by atoms with Crippen molar-refractivity contribution in [3.05, 3.63) is 46.6 Å². The van der Waals surface area contributed by atoms with Gasteiger partial charge in [0.15, 0.2) is 0 Å². The Balaban J connectivity index is 1.72. The normalized spacial score (nSPS) is 27.9. The van der Waals surface area contributed by atoms with Crippen molar-refractivity contribution in [3.8, 4) is 11.5 Å². The molecule has 1 aliphatic heterocycles. The number of ether oxygens (including phenoxy) is 2. The van der Waals surface area contributed by atoms with Gasteiger partial charge < -0.3 is 39.4 Å². The molecular weight excluding hydrogens is 372 g/mol. The molecule has 1 aliphatic rings. The lowest BCUT2D eigenvalue weighted by atomic mass is 9.99. The number of hydrogen-bond acceptors (Lipinski definition) is 9. The van der Waals surface area contributed by atoms with E-state index < -0.39 is 42.7 Å². The van der Waals surface area contributed by atoms with E-state index in [1.807, 2.05) is 0 Å². The Morgan fingerprint density at radius 3 is 2.54 bits per heavy atom. The van der Waals surface area contributed by atoms with Crippen LogP contribution in [0, 0.1) is 0 Å². The Hall–Kier alpha value is -2.69. The van der Waals surface area contributed by atoms with Gasteiger partial charge in [-0.1, -0.05) is 6.07 Å². The average Bonchev–Trinajstić information content (AvgIpc) is 2.69. The van der Waals surface area contributed by atoms with E-state index >= 15 is 0 Å². The van der Waals surface area contributed by atoms with Gasteiger partial charge in [-0.3, -0.25) is 4.79 Å². The summed E-state index contributed by atoms with van der Waals surface area (Å²) in [4.78, 5) is 12.7. The zero-order valence-corrected chi connectivity index (χ0v) is 14.4. The lowest BCUT2D eigenvalue weighted by Crippen LogP contribution is -2.60. The Morgan fingerprint density at radius 1 is 1.00 bits per heavy atom. The minimum Gasteiger partial charge on any atom is -0.507 e. The van der Waals surface area contributed by atoms with Crippen LogP contribution >= 0.6 is 0 Å². The summed E-state index contributed by atoms with van der Waals surface area (Å²) >= 11 is 0. The molecule has 4 rings (SSSR count). The third-order valence-electron chi connectivity index (χ3n) is 4.75. The quantitative estimate of drug-likeness (QED) is 0.384. The van der Waals surface area contributed by atoms with Crippen molar-refractivity contribution in [3.63, 3.8) is 0 Å². The van der Waals surface area contributed by atoms with Crippen LogP contribution in [0.4, 0.5) is 0 Å². The highest BCUT2D eigenvalue weighted by molar-refractivity contribution is 5.93. The number of aliphatic hydroxyl groups is 4. The zero-order chi connectivity index (χ0) is 20.0. The molecule has 1 aromatic heterocycles. The standard InChI is InChI=1S/C19H18O9/c20-7-13-16(23)17(24)18(25)19(28-13)26-8-4-5-11-9(6-8)15(22)14-10(21)2-1-3-12(14)27-11/h1-6,13,16-21,23-25H,7H2. The molecule has 148 valence electrons. The number of hydrogen-bond donors (Lipinski definition) is 5. The van der Waals surface area contributed by atoms with Crippen LogP contribution in [0.15, 0.2) is 45.6 Å². The van der Waals surface area contributed by atoms with Gasteiger partial charge in [-0.05, 0) is 30.3 Å². The van der Waals surface area contributed by atoms with Crippen LogP contribution in [0.5, 0.6) is 11.5 Å². The molecule has 0 bridgehead atoms. The molecule has 0 aliphatic carbocycles. The van der Waals surface area contributed by atoms with Gasteiger partial charge in [0, 0.05) is 0 Å². The Bertz CT molecular complexity index is 1070. The van der Waals surface area contributed by atoms with Crippen molar-refractivity contribution in [1.29, 1.82) is 0 Å². The van der Waals surface area contributed by atoms with Crippen molar-refractivity contribution in [2.24, 2.45) is 0 Å². The van der Waals surface area contributed by atoms with Crippen molar-refractivity contribution in [1.82, 2.24) is 0 Å². The van der Waals surface area contributed by atoms with E-state index in [4.69, 9.17) is 13.9 Å². The molecule has 2 heterocycles. The fourth-order valence-corrected chi connectivity index (χ4v) is 3.23. The number of fused-ring (bicyclic) bond motifs is 2. The summed E-state index contributed by atoms with van der Waals surface area (Å²) in [6.45, 7) is -0.586. The summed E-state index contributed by atoms with van der Waals surface area (Å²) in [5.74, 6) is -0.0905. The van der Waals surface area contributed by atoms with E-state index in [9.17, 15) is 30.3 Å². The van der Waals surface area contributed by atoms with E-state index in [2.05, 4.69) is 0 Å². The Labute approximate surface area is 157 Å². The Kier molecular flexibility index (Phi) is 4.69. The number of benzene rings is 2. The van der Waals surface area contributed by atoms with Crippen LogP contribution in [0.3, 0.4) is 0 Å². The van der Waals surface area contributed by atoms with Gasteiger partial charge in [0.1, 0.15) is 52.5 Å². The zero-order valence-electron chi connectivity index (χ0n) is 14.4. The van der Waals surface area contributed by atoms with Crippen molar-refractivity contribution >= 4 is 21.9 Å². The van der Waals surface area contributed by atoms with Crippen molar-refractivity contribution in [2.45, 2.75) is 30.7 Å². The molecule has 28 heavy (non-hydrogen) atoms. The maximum absolute atomic E-state index is 12.7. The summed E-state index contributed by atoms with van der Waals surface area (Å²) in [5, 5.41) is 49.1. The predicted molar refractivity (Wildman–Crippen MR) is 96.1 cm³/mol. The van der Waals surface area contributed by atoms with E-state index in [0.717, 1.165) is 0 Å². The van der Waals surface area contributed by atoms with Gasteiger partial charge in [0.25, 0.3) is 0 Å². The fraction of sp³-hybridized carbons (Fsp3) is 0.316. The first-order valence-electron chi connectivity index (χ1n) is 8.56. The minimum absolute atomic E-state index is 0.0278. The van der Waals surface area contributed by atoms with E-state index in [0.29, 0.717) is 0 Å². The van der Waals surface area contributed by atoms with Gasteiger partial charge in [-0.2, -0.15) is 0 Å². The molecule has 0 spiro atoms. The second-order valence-corrected chi connectivity index (χ2v) is 6.55. The first kappa shape index (κ1) is 18.7. The minimum atomic E-state index is -1.58. The largest absolute Gasteiger partial charge is 0.507 e. The van der Waals surface area contributed by atoms with Crippen LogP contribution in [-0.4, -0.2) is 62.8 Å². The molecule has 0 amide bonds. The van der Waals surface area contributed by atoms with Crippen molar-refractivity contribution in [2.75, 3.05) is 6.61 Å². The molecule has 0 radical (unpaired) electrons. The summed E-state index contributed by atoms with van der Waals surface area (Å²) < 4.78 is 16.5. The third kappa shape index (κ3) is 2.99. The van der Waals surface area contributed by atoms with Crippen LogP contribution in [0.2, 0.25) is 0 Å². The summed E-state index contributed by atoms with van der Waals surface area (Å²) in [6.07, 6.45) is -7.16. The summed E-state index contributed by atoms with van der Waals surface area (Å²) in [5.41, 5.74) is 0.0398. The monoisotopic (exact) mass is 390 g/mol. The highest BCUT2D eigenvalue weighted by atomic mass is 16.7. The van der Waals surface area contributed by atoms with Gasteiger partial charge in [0.2, 0.25) is 11.7 Å². The fourth-order valence-electron chi connectivity index (χ4n) is 3.23. The predicted octanol–water partition coefficient (Wildman–Crippen LogP) is -0.169. The average molecular weight is 390 g/mol. The summed E-state index contributed by atoms with van der Waals surface area (Å²) in [6, 6.07) is 8.81. The number of phenolic OH excluding ortho intramolecular Hbond substituents is 1. The lowest BCUT2D eigenvalue weighted by Gasteiger charge is -2.39. The molecule has 5 atom stereocenters. The molecule has 0 saturated carbocycles. The molecule has 5 unspecified atom stereocenters. The lowest BCUT2D eigenvalue weighted by molar-refractivity contribution is -0.277. The Morgan fingerprint density at radius 2 is 1.79 bits per heavy atom. The molecule has 1 fully saturated rings. The van der Waals surface area contributed by atoms with Gasteiger partial charge in [-0.15, -0.1) is 0 Å². The van der Waals surface area contributed by atoms with Crippen LogP contribution in [0.25, 0.3) is 21.9 Å². The number of aliphatic hydroxyl groups excluding tert-OH is 4. The van der Waals surface area contributed by atoms with Gasteiger partial charge >= 0.3 is 0 Å². The molecular formula is C19H18O9. The SMILES string of the molecule is O=c1c2cc(OC3OC(CO)C(O)C(O)C3O)ccc2oc2cccc(O)c12. The van der Waals surface area contributed by atoms with Crippen LogP contribution in [0.1, 0.15) is 0 Å². The number of rotatable bonds is 3.